The van der Waals surface area contributed by atoms with Gasteiger partial charge in [0, 0.05) is 12.6 Å². The van der Waals surface area contributed by atoms with Gasteiger partial charge in [0.25, 0.3) is 11.8 Å². The maximum atomic E-state index is 12.4. The molecular formula is C21H22N2O2. The van der Waals surface area contributed by atoms with E-state index in [9.17, 15) is 9.59 Å². The van der Waals surface area contributed by atoms with Gasteiger partial charge in [-0.05, 0) is 55.5 Å². The third kappa shape index (κ3) is 2.98. The number of fused-ring (bicyclic) bond motifs is 2. The van der Waals surface area contributed by atoms with Gasteiger partial charge in [0.1, 0.15) is 0 Å². The fourth-order valence-electron chi connectivity index (χ4n) is 3.92. The molecule has 0 fully saturated rings. The van der Waals surface area contributed by atoms with Crippen LogP contribution in [0, 0.1) is 0 Å². The quantitative estimate of drug-likeness (QED) is 0.674. The number of nitrogens with zero attached hydrogens (tertiary/aromatic N) is 1. The summed E-state index contributed by atoms with van der Waals surface area (Å²) in [5.41, 5.74) is 3.89. The van der Waals surface area contributed by atoms with Gasteiger partial charge >= 0.3 is 0 Å². The average Bonchev–Trinajstić information content (AvgIpc) is 2.90. The molecule has 2 aliphatic rings. The monoisotopic (exact) mass is 334 g/mol. The second kappa shape index (κ2) is 6.81. The summed E-state index contributed by atoms with van der Waals surface area (Å²) < 4.78 is 0. The topological polar surface area (TPSA) is 49.4 Å². The van der Waals surface area contributed by atoms with Crippen LogP contribution in [0.3, 0.4) is 0 Å². The van der Waals surface area contributed by atoms with E-state index in [4.69, 9.17) is 0 Å². The van der Waals surface area contributed by atoms with Gasteiger partial charge in [0.15, 0.2) is 0 Å². The van der Waals surface area contributed by atoms with Crippen molar-refractivity contribution >= 4 is 11.8 Å². The van der Waals surface area contributed by atoms with Crippen LogP contribution in [0.15, 0.2) is 48.5 Å². The van der Waals surface area contributed by atoms with Gasteiger partial charge in [-0.1, -0.05) is 36.4 Å². The van der Waals surface area contributed by atoms with E-state index in [1.807, 2.05) is 0 Å². The van der Waals surface area contributed by atoms with Crippen molar-refractivity contribution in [3.8, 4) is 0 Å². The average molecular weight is 334 g/mol. The molecule has 4 rings (SSSR count). The van der Waals surface area contributed by atoms with Crippen LogP contribution in [0.25, 0.3) is 0 Å². The molecule has 0 bridgehead atoms. The lowest BCUT2D eigenvalue weighted by Crippen LogP contribution is -2.33. The largest absolute Gasteiger partial charge is 0.310 e. The van der Waals surface area contributed by atoms with Gasteiger partial charge in [-0.3, -0.25) is 14.5 Å². The lowest BCUT2D eigenvalue weighted by Gasteiger charge is -2.26. The number of amides is 2. The molecule has 128 valence electrons. The Morgan fingerprint density at radius 3 is 2.40 bits per heavy atom. The molecule has 4 heteroatoms. The summed E-state index contributed by atoms with van der Waals surface area (Å²) in [6, 6.07) is 16.1. The number of nitrogens with one attached hydrogen (secondary N) is 1. The summed E-state index contributed by atoms with van der Waals surface area (Å²) in [5.74, 6) is -0.327. The smallest absolute Gasteiger partial charge is 0.261 e. The van der Waals surface area contributed by atoms with Crippen LogP contribution >= 0.6 is 0 Å². The zero-order valence-corrected chi connectivity index (χ0v) is 14.2. The van der Waals surface area contributed by atoms with Gasteiger partial charge in [-0.2, -0.15) is 0 Å². The number of carbonyl (C=O) groups is 2. The first-order valence-corrected chi connectivity index (χ1v) is 9.02. The standard InChI is InChI=1S/C21H22N2O2/c24-20-17-10-3-4-11-18(17)21(25)23(20)14-6-13-22-19-12-5-8-15-7-1-2-9-16(15)19/h1-4,7,9-11,19,22H,5-6,8,12-14H2. The predicted octanol–water partition coefficient (Wildman–Crippen LogP) is 3.34. The molecule has 0 radical (unpaired) electrons. The van der Waals surface area contributed by atoms with Gasteiger partial charge < -0.3 is 5.32 Å². The highest BCUT2D eigenvalue weighted by Crippen LogP contribution is 2.29. The molecule has 1 unspecified atom stereocenters. The Bertz CT molecular complexity index is 780. The molecule has 0 saturated heterocycles. The normalized spacial score (nSPS) is 19.0. The van der Waals surface area contributed by atoms with Crippen LogP contribution in [0.4, 0.5) is 0 Å². The van der Waals surface area contributed by atoms with Crippen molar-refractivity contribution in [1.29, 1.82) is 0 Å². The molecule has 0 aromatic heterocycles. The van der Waals surface area contributed by atoms with E-state index in [0.717, 1.165) is 25.8 Å². The van der Waals surface area contributed by atoms with E-state index >= 15 is 0 Å². The number of carbonyl (C=O) groups excluding carboxylic acids is 2. The van der Waals surface area contributed by atoms with Crippen molar-refractivity contribution in [2.45, 2.75) is 31.7 Å². The van der Waals surface area contributed by atoms with Crippen LogP contribution in [-0.4, -0.2) is 29.8 Å². The van der Waals surface area contributed by atoms with Gasteiger partial charge in [0.05, 0.1) is 11.1 Å². The minimum atomic E-state index is -0.163. The van der Waals surface area contributed by atoms with Crippen molar-refractivity contribution in [3.63, 3.8) is 0 Å². The first-order chi connectivity index (χ1) is 12.3. The minimum absolute atomic E-state index is 0.163. The number of imide groups is 1. The van der Waals surface area contributed by atoms with Crippen molar-refractivity contribution in [3.05, 3.63) is 70.8 Å². The summed E-state index contributed by atoms with van der Waals surface area (Å²) in [4.78, 5) is 26.1. The lowest BCUT2D eigenvalue weighted by molar-refractivity contribution is 0.0652. The minimum Gasteiger partial charge on any atom is -0.310 e. The molecule has 1 aliphatic carbocycles. The third-order valence-corrected chi connectivity index (χ3v) is 5.20. The molecule has 1 heterocycles. The molecular weight excluding hydrogens is 312 g/mol. The van der Waals surface area contributed by atoms with Gasteiger partial charge in [0.2, 0.25) is 0 Å². The Balaban J connectivity index is 1.33. The Morgan fingerprint density at radius 2 is 1.64 bits per heavy atom. The maximum Gasteiger partial charge on any atom is 0.261 e. The number of hydrogen-bond donors (Lipinski definition) is 1. The first-order valence-electron chi connectivity index (χ1n) is 9.02. The van der Waals surface area contributed by atoms with Crippen molar-refractivity contribution in [2.75, 3.05) is 13.1 Å². The SMILES string of the molecule is O=C1c2ccccc2C(=O)N1CCCNC1CCCc2ccccc21. The highest BCUT2D eigenvalue weighted by atomic mass is 16.2. The third-order valence-electron chi connectivity index (χ3n) is 5.20. The second-order valence-corrected chi connectivity index (χ2v) is 6.76. The molecule has 4 nitrogen and oxygen atoms in total. The molecule has 2 aromatic carbocycles. The molecule has 1 aliphatic heterocycles. The Kier molecular flexibility index (Phi) is 4.36. The molecule has 2 aromatic rings. The van der Waals surface area contributed by atoms with E-state index in [0.29, 0.717) is 23.7 Å². The summed E-state index contributed by atoms with van der Waals surface area (Å²) in [5, 5.41) is 3.60. The Labute approximate surface area is 147 Å². The highest BCUT2D eigenvalue weighted by molar-refractivity contribution is 6.21. The van der Waals surface area contributed by atoms with Crippen LogP contribution in [0.1, 0.15) is 57.1 Å². The van der Waals surface area contributed by atoms with E-state index in [1.54, 1.807) is 24.3 Å². The van der Waals surface area contributed by atoms with E-state index < -0.39 is 0 Å². The van der Waals surface area contributed by atoms with E-state index in [-0.39, 0.29) is 11.8 Å². The molecule has 1 atom stereocenters. The van der Waals surface area contributed by atoms with Crippen molar-refractivity contribution in [1.82, 2.24) is 10.2 Å². The lowest BCUT2D eigenvalue weighted by atomic mass is 9.88. The zero-order chi connectivity index (χ0) is 17.2. The zero-order valence-electron chi connectivity index (χ0n) is 14.2. The summed E-state index contributed by atoms with van der Waals surface area (Å²) in [6.45, 7) is 1.26. The predicted molar refractivity (Wildman–Crippen MR) is 96.5 cm³/mol. The molecule has 25 heavy (non-hydrogen) atoms. The van der Waals surface area contributed by atoms with Crippen LogP contribution < -0.4 is 5.32 Å². The number of hydrogen-bond acceptors (Lipinski definition) is 3. The Hall–Kier alpha value is -2.46. The van der Waals surface area contributed by atoms with Crippen LogP contribution in [0.5, 0.6) is 0 Å². The van der Waals surface area contributed by atoms with Gasteiger partial charge in [-0.15, -0.1) is 0 Å². The summed E-state index contributed by atoms with van der Waals surface area (Å²) in [7, 11) is 0. The number of aryl methyl sites for hydroxylation is 1. The number of benzene rings is 2. The Morgan fingerprint density at radius 1 is 0.960 bits per heavy atom. The second-order valence-electron chi connectivity index (χ2n) is 6.76. The summed E-state index contributed by atoms with van der Waals surface area (Å²) in [6.07, 6.45) is 4.27. The summed E-state index contributed by atoms with van der Waals surface area (Å²) >= 11 is 0. The highest BCUT2D eigenvalue weighted by Gasteiger charge is 2.34. The fraction of sp³-hybridized carbons (Fsp3) is 0.333. The molecule has 0 saturated carbocycles. The molecule has 2 amide bonds. The van der Waals surface area contributed by atoms with E-state index in [2.05, 4.69) is 29.6 Å². The van der Waals surface area contributed by atoms with Crippen molar-refractivity contribution < 1.29 is 9.59 Å². The maximum absolute atomic E-state index is 12.4. The van der Waals surface area contributed by atoms with Crippen LogP contribution in [-0.2, 0) is 6.42 Å². The van der Waals surface area contributed by atoms with Crippen LogP contribution in [0.2, 0.25) is 0 Å². The van der Waals surface area contributed by atoms with Crippen molar-refractivity contribution in [2.24, 2.45) is 0 Å². The molecule has 1 N–H and O–H groups in total. The van der Waals surface area contributed by atoms with Gasteiger partial charge in [-0.25, -0.2) is 0 Å². The van der Waals surface area contributed by atoms with E-state index in [1.165, 1.54) is 22.4 Å². The molecule has 0 spiro atoms. The number of rotatable bonds is 5. The first kappa shape index (κ1) is 16.0. The fourth-order valence-corrected chi connectivity index (χ4v) is 3.92.